The van der Waals surface area contributed by atoms with Gasteiger partial charge in [-0.2, -0.15) is 0 Å². The van der Waals surface area contributed by atoms with E-state index < -0.39 is 0 Å². The average Bonchev–Trinajstić information content (AvgIpc) is 2.96. The predicted octanol–water partition coefficient (Wildman–Crippen LogP) is 3.76. The van der Waals surface area contributed by atoms with Gasteiger partial charge in [0, 0.05) is 38.3 Å². The van der Waals surface area contributed by atoms with Gasteiger partial charge in [0.2, 0.25) is 5.91 Å². The molecule has 1 atom stereocenters. The third kappa shape index (κ3) is 5.91. The molecular weight excluding hydrogens is 336 g/mol. The van der Waals surface area contributed by atoms with Gasteiger partial charge in [0.05, 0.1) is 12.6 Å². The molecule has 1 unspecified atom stereocenters. The zero-order chi connectivity index (χ0) is 18.9. The van der Waals surface area contributed by atoms with Gasteiger partial charge in [-0.1, -0.05) is 55.5 Å². The molecule has 2 aromatic rings. The van der Waals surface area contributed by atoms with E-state index in [2.05, 4.69) is 35.2 Å². The van der Waals surface area contributed by atoms with Gasteiger partial charge < -0.3 is 14.5 Å². The van der Waals surface area contributed by atoms with Crippen LogP contribution in [0.4, 0.5) is 5.69 Å². The summed E-state index contributed by atoms with van der Waals surface area (Å²) in [5.74, 6) is 0.143. The number of benzene rings is 2. The van der Waals surface area contributed by atoms with E-state index >= 15 is 0 Å². The first-order valence-corrected chi connectivity index (χ1v) is 9.99. The summed E-state index contributed by atoms with van der Waals surface area (Å²) in [5.41, 5.74) is 2.32. The van der Waals surface area contributed by atoms with Crippen LogP contribution in [0.15, 0.2) is 60.7 Å². The number of carbonyl (C=O) groups is 1. The van der Waals surface area contributed by atoms with Crippen LogP contribution in [-0.4, -0.2) is 49.7 Å². The van der Waals surface area contributed by atoms with Gasteiger partial charge in [-0.05, 0) is 30.5 Å². The summed E-state index contributed by atoms with van der Waals surface area (Å²) < 4.78 is 6.10. The molecule has 1 fully saturated rings. The molecule has 1 aliphatic rings. The zero-order valence-corrected chi connectivity index (χ0v) is 16.2. The fraction of sp³-hybridized carbons (Fsp3) is 0.435. The van der Waals surface area contributed by atoms with Crippen molar-refractivity contribution < 1.29 is 9.53 Å². The van der Waals surface area contributed by atoms with Crippen molar-refractivity contribution in [3.63, 3.8) is 0 Å². The van der Waals surface area contributed by atoms with Crippen LogP contribution in [0, 0.1) is 0 Å². The molecule has 1 saturated heterocycles. The minimum absolute atomic E-state index is 0.0407. The quantitative estimate of drug-likeness (QED) is 0.748. The molecule has 1 aliphatic heterocycles. The second-order valence-corrected chi connectivity index (χ2v) is 7.08. The number of anilines is 1. The summed E-state index contributed by atoms with van der Waals surface area (Å²) in [6.45, 7) is 6.23. The number of carbonyl (C=O) groups excluding carboxylic acids is 1. The lowest BCUT2D eigenvalue weighted by Crippen LogP contribution is -2.43. The number of nitrogens with zero attached hydrogens (tertiary/aromatic N) is 2. The molecule has 1 heterocycles. The maximum Gasteiger partial charge on any atom is 0.226 e. The van der Waals surface area contributed by atoms with Gasteiger partial charge in [0.25, 0.3) is 0 Å². The summed E-state index contributed by atoms with van der Waals surface area (Å²) in [6, 6.07) is 20.5. The molecule has 4 nitrogen and oxygen atoms in total. The van der Waals surface area contributed by atoms with Crippen molar-refractivity contribution in [3.05, 3.63) is 66.2 Å². The van der Waals surface area contributed by atoms with Gasteiger partial charge in [0.1, 0.15) is 0 Å². The van der Waals surface area contributed by atoms with E-state index in [1.165, 1.54) is 5.56 Å². The smallest absolute Gasteiger partial charge is 0.226 e. The number of para-hydroxylation sites is 1. The Morgan fingerprint density at radius 1 is 1.11 bits per heavy atom. The van der Waals surface area contributed by atoms with Gasteiger partial charge >= 0.3 is 0 Å². The Balaban J connectivity index is 1.62. The van der Waals surface area contributed by atoms with E-state index in [0.717, 1.165) is 44.8 Å². The van der Waals surface area contributed by atoms with Gasteiger partial charge in [-0.15, -0.1) is 0 Å². The third-order valence-electron chi connectivity index (χ3n) is 5.05. The van der Waals surface area contributed by atoms with Crippen molar-refractivity contribution in [2.24, 2.45) is 0 Å². The van der Waals surface area contributed by atoms with E-state index in [1.54, 1.807) is 0 Å². The Hall–Kier alpha value is -2.17. The van der Waals surface area contributed by atoms with Gasteiger partial charge in [0.15, 0.2) is 0 Å². The lowest BCUT2D eigenvalue weighted by Gasteiger charge is -2.29. The molecule has 27 heavy (non-hydrogen) atoms. The standard InChI is InChI=1S/C23H30N2O2/c1-2-23(26)25(21-12-7-4-8-13-21)19-22-18-24(15-9-17-27-22)16-14-20-10-5-3-6-11-20/h3-8,10-13,22H,2,9,14-19H2,1H3. The Bertz CT molecular complexity index is 690. The molecule has 0 spiro atoms. The number of hydrogen-bond acceptors (Lipinski definition) is 3. The molecule has 0 bridgehead atoms. The van der Waals surface area contributed by atoms with Crippen LogP contribution in [0.2, 0.25) is 0 Å². The minimum Gasteiger partial charge on any atom is -0.375 e. The average molecular weight is 367 g/mol. The van der Waals surface area contributed by atoms with Crippen LogP contribution in [0.25, 0.3) is 0 Å². The summed E-state index contributed by atoms with van der Waals surface area (Å²) >= 11 is 0. The van der Waals surface area contributed by atoms with Crippen LogP contribution in [-0.2, 0) is 16.0 Å². The number of ether oxygens (including phenoxy) is 1. The van der Waals surface area contributed by atoms with Crippen molar-refractivity contribution in [1.82, 2.24) is 4.90 Å². The molecule has 0 saturated carbocycles. The second-order valence-electron chi connectivity index (χ2n) is 7.08. The first-order valence-electron chi connectivity index (χ1n) is 9.99. The van der Waals surface area contributed by atoms with E-state index in [4.69, 9.17) is 4.74 Å². The Kier molecular flexibility index (Phi) is 7.43. The van der Waals surface area contributed by atoms with Crippen molar-refractivity contribution in [3.8, 4) is 0 Å². The van der Waals surface area contributed by atoms with Crippen molar-refractivity contribution in [2.45, 2.75) is 32.3 Å². The summed E-state index contributed by atoms with van der Waals surface area (Å²) in [4.78, 5) is 16.9. The first-order chi connectivity index (χ1) is 13.3. The summed E-state index contributed by atoms with van der Waals surface area (Å²) in [6.07, 6.45) is 2.63. The van der Waals surface area contributed by atoms with Crippen LogP contribution >= 0.6 is 0 Å². The molecule has 144 valence electrons. The van der Waals surface area contributed by atoms with E-state index in [-0.39, 0.29) is 12.0 Å². The van der Waals surface area contributed by atoms with E-state index in [1.807, 2.05) is 42.2 Å². The van der Waals surface area contributed by atoms with Crippen LogP contribution < -0.4 is 4.90 Å². The summed E-state index contributed by atoms with van der Waals surface area (Å²) in [7, 11) is 0. The Labute approximate surface area is 162 Å². The van der Waals surface area contributed by atoms with Crippen LogP contribution in [0.5, 0.6) is 0 Å². The number of amides is 1. The Morgan fingerprint density at radius 3 is 2.52 bits per heavy atom. The molecule has 2 aromatic carbocycles. The highest BCUT2D eigenvalue weighted by Crippen LogP contribution is 2.17. The highest BCUT2D eigenvalue weighted by Gasteiger charge is 2.24. The predicted molar refractivity (Wildman–Crippen MR) is 110 cm³/mol. The highest BCUT2D eigenvalue weighted by molar-refractivity contribution is 5.93. The number of rotatable bonds is 7. The lowest BCUT2D eigenvalue weighted by atomic mass is 10.1. The normalized spacial score (nSPS) is 18.0. The van der Waals surface area contributed by atoms with E-state index in [9.17, 15) is 4.79 Å². The van der Waals surface area contributed by atoms with E-state index in [0.29, 0.717) is 13.0 Å². The highest BCUT2D eigenvalue weighted by atomic mass is 16.5. The van der Waals surface area contributed by atoms with Gasteiger partial charge in [-0.25, -0.2) is 0 Å². The zero-order valence-electron chi connectivity index (χ0n) is 16.2. The van der Waals surface area contributed by atoms with Crippen LogP contribution in [0.3, 0.4) is 0 Å². The monoisotopic (exact) mass is 366 g/mol. The van der Waals surface area contributed by atoms with Crippen molar-refractivity contribution in [2.75, 3.05) is 37.7 Å². The van der Waals surface area contributed by atoms with Crippen molar-refractivity contribution >= 4 is 11.6 Å². The molecular formula is C23H30N2O2. The fourth-order valence-corrected chi connectivity index (χ4v) is 3.57. The molecule has 1 amide bonds. The molecule has 3 rings (SSSR count). The maximum atomic E-state index is 12.5. The minimum atomic E-state index is 0.0407. The van der Waals surface area contributed by atoms with Gasteiger partial charge in [-0.3, -0.25) is 4.79 Å². The molecule has 4 heteroatoms. The number of hydrogen-bond donors (Lipinski definition) is 0. The fourth-order valence-electron chi connectivity index (χ4n) is 3.57. The molecule has 0 N–H and O–H groups in total. The topological polar surface area (TPSA) is 32.8 Å². The second kappa shape index (κ2) is 10.2. The summed E-state index contributed by atoms with van der Waals surface area (Å²) in [5, 5.41) is 0. The van der Waals surface area contributed by atoms with Crippen molar-refractivity contribution in [1.29, 1.82) is 0 Å². The first kappa shape index (κ1) is 19.6. The molecule has 0 radical (unpaired) electrons. The molecule has 0 aliphatic carbocycles. The van der Waals surface area contributed by atoms with Crippen LogP contribution in [0.1, 0.15) is 25.3 Å². The Morgan fingerprint density at radius 2 is 1.81 bits per heavy atom. The lowest BCUT2D eigenvalue weighted by molar-refractivity contribution is -0.118. The third-order valence-corrected chi connectivity index (χ3v) is 5.05. The largest absolute Gasteiger partial charge is 0.375 e. The SMILES string of the molecule is CCC(=O)N(CC1CN(CCc2ccccc2)CCCO1)c1ccccc1. The molecule has 0 aromatic heterocycles. The maximum absolute atomic E-state index is 12.5.